The van der Waals surface area contributed by atoms with Crippen LogP contribution in [0.2, 0.25) is 0 Å². The fourth-order valence-corrected chi connectivity index (χ4v) is 3.69. The van der Waals surface area contributed by atoms with Crippen LogP contribution in [0.4, 0.5) is 10.5 Å². The van der Waals surface area contributed by atoms with Crippen molar-refractivity contribution in [2.75, 3.05) is 37.6 Å². The van der Waals surface area contributed by atoms with Gasteiger partial charge in [0.15, 0.2) is 5.58 Å². The number of carbonyl (C=O) groups excluding carboxylic acids is 1. The highest BCUT2D eigenvalue weighted by atomic mass is 16.4. The van der Waals surface area contributed by atoms with Gasteiger partial charge in [0.1, 0.15) is 5.52 Å². The van der Waals surface area contributed by atoms with E-state index >= 15 is 0 Å². The van der Waals surface area contributed by atoms with Gasteiger partial charge in [-0.15, -0.1) is 0 Å². The Hall–Kier alpha value is -3.06. The van der Waals surface area contributed by atoms with Gasteiger partial charge >= 0.3 is 11.8 Å². The minimum Gasteiger partial charge on any atom is -0.407 e. The maximum absolute atomic E-state index is 12.5. The van der Waals surface area contributed by atoms with Crippen LogP contribution in [0.15, 0.2) is 57.7 Å². The standard InChI is InChI=1S/C22H26N4O3/c27-21(24-11-5-4-8-17-6-2-1-3-7-17)26-19-10-9-18(16-20(19)29-22(26)28)25-14-12-23-13-15-25/h1-3,6-7,9-10,16,23H,4-5,8,11-15H2,(H,24,27). The van der Waals surface area contributed by atoms with Crippen molar-refractivity contribution in [3.05, 3.63) is 64.6 Å². The Kier molecular flexibility index (Phi) is 5.95. The van der Waals surface area contributed by atoms with Gasteiger partial charge in [-0.1, -0.05) is 30.3 Å². The third kappa shape index (κ3) is 4.51. The first-order chi connectivity index (χ1) is 14.2. The van der Waals surface area contributed by atoms with Crippen molar-refractivity contribution in [1.82, 2.24) is 15.2 Å². The van der Waals surface area contributed by atoms with E-state index in [0.717, 1.165) is 55.7 Å². The third-order valence-electron chi connectivity index (χ3n) is 5.26. The molecule has 0 atom stereocenters. The summed E-state index contributed by atoms with van der Waals surface area (Å²) in [5.41, 5.74) is 3.22. The lowest BCUT2D eigenvalue weighted by Gasteiger charge is -2.29. The molecule has 2 aromatic carbocycles. The monoisotopic (exact) mass is 394 g/mol. The molecule has 0 aliphatic carbocycles. The second-order valence-electron chi connectivity index (χ2n) is 7.27. The molecule has 0 bridgehead atoms. The van der Waals surface area contributed by atoms with Crippen molar-refractivity contribution >= 4 is 22.8 Å². The van der Waals surface area contributed by atoms with E-state index in [4.69, 9.17) is 4.42 Å². The van der Waals surface area contributed by atoms with Crippen molar-refractivity contribution < 1.29 is 9.21 Å². The number of oxazole rings is 1. The normalized spacial score (nSPS) is 14.3. The van der Waals surface area contributed by atoms with Crippen LogP contribution in [-0.2, 0) is 6.42 Å². The number of carbonyl (C=O) groups is 1. The van der Waals surface area contributed by atoms with Crippen LogP contribution >= 0.6 is 0 Å². The third-order valence-corrected chi connectivity index (χ3v) is 5.26. The highest BCUT2D eigenvalue weighted by molar-refractivity contribution is 5.89. The van der Waals surface area contributed by atoms with Gasteiger partial charge in [0, 0.05) is 44.5 Å². The number of hydrogen-bond donors (Lipinski definition) is 2. The number of fused-ring (bicyclic) bond motifs is 1. The van der Waals surface area contributed by atoms with Gasteiger partial charge in [-0.3, -0.25) is 0 Å². The van der Waals surface area contributed by atoms with E-state index in [1.165, 1.54) is 5.56 Å². The van der Waals surface area contributed by atoms with Crippen molar-refractivity contribution in [1.29, 1.82) is 0 Å². The van der Waals surface area contributed by atoms with Crippen molar-refractivity contribution in [2.45, 2.75) is 19.3 Å². The van der Waals surface area contributed by atoms with Crippen LogP contribution in [0.3, 0.4) is 0 Å². The summed E-state index contributed by atoms with van der Waals surface area (Å²) in [5, 5.41) is 6.14. The number of unbranched alkanes of at least 4 members (excludes halogenated alkanes) is 1. The lowest BCUT2D eigenvalue weighted by atomic mass is 10.1. The molecular weight excluding hydrogens is 368 g/mol. The van der Waals surface area contributed by atoms with Crippen LogP contribution in [0.5, 0.6) is 0 Å². The van der Waals surface area contributed by atoms with E-state index in [2.05, 4.69) is 27.7 Å². The van der Waals surface area contributed by atoms with Gasteiger partial charge in [-0.2, -0.15) is 4.57 Å². The summed E-state index contributed by atoms with van der Waals surface area (Å²) in [5.74, 6) is -0.653. The number of nitrogens with zero attached hydrogens (tertiary/aromatic N) is 2. The Labute approximate surface area is 169 Å². The minimum atomic E-state index is -0.653. The molecule has 152 valence electrons. The number of aromatic nitrogens is 1. The minimum absolute atomic E-state index is 0.435. The van der Waals surface area contributed by atoms with E-state index in [1.54, 1.807) is 6.07 Å². The predicted molar refractivity (Wildman–Crippen MR) is 114 cm³/mol. The van der Waals surface area contributed by atoms with Gasteiger partial charge in [-0.25, -0.2) is 9.59 Å². The molecule has 2 heterocycles. The summed E-state index contributed by atoms with van der Waals surface area (Å²) in [6.07, 6.45) is 2.79. The van der Waals surface area contributed by atoms with Crippen molar-refractivity contribution in [2.24, 2.45) is 0 Å². The van der Waals surface area contributed by atoms with E-state index in [-0.39, 0.29) is 0 Å². The molecule has 0 spiro atoms. The number of aryl methyl sites for hydroxylation is 1. The molecule has 1 fully saturated rings. The Balaban J connectivity index is 1.37. The summed E-state index contributed by atoms with van der Waals surface area (Å²) in [7, 11) is 0. The number of rotatable bonds is 6. The first-order valence-electron chi connectivity index (χ1n) is 10.2. The van der Waals surface area contributed by atoms with Crippen LogP contribution in [0.1, 0.15) is 18.4 Å². The maximum atomic E-state index is 12.5. The maximum Gasteiger partial charge on any atom is 0.428 e. The van der Waals surface area contributed by atoms with Gasteiger partial charge in [0.2, 0.25) is 0 Å². The summed E-state index contributed by atoms with van der Waals surface area (Å²) >= 11 is 0. The second-order valence-corrected chi connectivity index (χ2v) is 7.27. The highest BCUT2D eigenvalue weighted by Gasteiger charge is 2.18. The highest BCUT2D eigenvalue weighted by Crippen LogP contribution is 2.22. The Morgan fingerprint density at radius 2 is 1.86 bits per heavy atom. The molecule has 4 rings (SSSR count). The van der Waals surface area contributed by atoms with Crippen LogP contribution in [0, 0.1) is 0 Å². The lowest BCUT2D eigenvalue weighted by molar-refractivity contribution is 0.241. The smallest absolute Gasteiger partial charge is 0.407 e. The average molecular weight is 394 g/mol. The fourth-order valence-electron chi connectivity index (χ4n) is 3.69. The molecule has 1 aromatic heterocycles. The van der Waals surface area contributed by atoms with Crippen molar-refractivity contribution in [3.63, 3.8) is 0 Å². The Bertz CT molecular complexity index is 1020. The number of benzene rings is 2. The zero-order chi connectivity index (χ0) is 20.1. The van der Waals surface area contributed by atoms with Crippen LogP contribution in [0.25, 0.3) is 11.1 Å². The summed E-state index contributed by atoms with van der Waals surface area (Å²) in [6.45, 7) is 4.18. The predicted octanol–water partition coefficient (Wildman–Crippen LogP) is 2.58. The molecule has 1 saturated heterocycles. The van der Waals surface area contributed by atoms with E-state index in [0.29, 0.717) is 17.6 Å². The SMILES string of the molecule is O=C(NCCCCc1ccccc1)n1c(=O)oc2cc(N3CCNCC3)ccc21. The van der Waals surface area contributed by atoms with Crippen molar-refractivity contribution in [3.8, 4) is 0 Å². The molecular formula is C22H26N4O3. The van der Waals surface area contributed by atoms with Crippen LogP contribution in [-0.4, -0.2) is 43.3 Å². The molecule has 2 N–H and O–H groups in total. The topological polar surface area (TPSA) is 79.5 Å². The van der Waals surface area contributed by atoms with Crippen LogP contribution < -0.4 is 21.3 Å². The summed E-state index contributed by atoms with van der Waals surface area (Å²) in [4.78, 5) is 27.0. The van der Waals surface area contributed by atoms with E-state index in [1.807, 2.05) is 30.3 Å². The molecule has 0 radical (unpaired) electrons. The average Bonchev–Trinajstić information content (AvgIpc) is 3.09. The molecule has 29 heavy (non-hydrogen) atoms. The van der Waals surface area contributed by atoms with Gasteiger partial charge in [0.25, 0.3) is 0 Å². The van der Waals surface area contributed by atoms with Gasteiger partial charge < -0.3 is 20.0 Å². The quantitative estimate of drug-likeness (QED) is 0.628. The second kappa shape index (κ2) is 8.96. The molecule has 1 aliphatic rings. The molecule has 7 nitrogen and oxygen atoms in total. The number of nitrogens with one attached hydrogen (secondary N) is 2. The first kappa shape index (κ1) is 19.3. The largest absolute Gasteiger partial charge is 0.428 e. The number of anilines is 1. The first-order valence-corrected chi connectivity index (χ1v) is 10.2. The zero-order valence-corrected chi connectivity index (χ0v) is 16.4. The van der Waals surface area contributed by atoms with E-state index in [9.17, 15) is 9.59 Å². The zero-order valence-electron chi connectivity index (χ0n) is 16.4. The molecule has 1 aliphatic heterocycles. The van der Waals surface area contributed by atoms with E-state index < -0.39 is 11.8 Å². The molecule has 1 amide bonds. The van der Waals surface area contributed by atoms with Gasteiger partial charge in [0.05, 0.1) is 0 Å². The number of amides is 1. The number of piperazine rings is 1. The molecule has 0 unspecified atom stereocenters. The molecule has 0 saturated carbocycles. The Morgan fingerprint density at radius 1 is 1.07 bits per heavy atom. The Morgan fingerprint density at radius 3 is 2.66 bits per heavy atom. The molecule has 7 heteroatoms. The number of hydrogen-bond acceptors (Lipinski definition) is 5. The summed E-state index contributed by atoms with van der Waals surface area (Å²) < 4.78 is 6.42. The lowest BCUT2D eigenvalue weighted by Crippen LogP contribution is -2.43. The fraction of sp³-hybridized carbons (Fsp3) is 0.364. The molecule has 3 aromatic rings. The summed E-state index contributed by atoms with van der Waals surface area (Å²) in [6, 6.07) is 15.4. The van der Waals surface area contributed by atoms with Gasteiger partial charge in [-0.05, 0) is 37.0 Å².